The molecule has 3 aliphatic heterocycles. The summed E-state index contributed by atoms with van der Waals surface area (Å²) in [5.41, 5.74) is 17.6. The number of piperazine rings is 2. The lowest BCUT2D eigenvalue weighted by Crippen LogP contribution is -2.50. The maximum absolute atomic E-state index is 12.6. The number of Topliss-reactive ketones (excluding diaryl/α,β-unsaturated/α-hetero) is 4. The maximum atomic E-state index is 12.6. The van der Waals surface area contributed by atoms with Gasteiger partial charge >= 0.3 is 0 Å². The van der Waals surface area contributed by atoms with E-state index in [0.29, 0.717) is 104 Å². The Kier molecular flexibility index (Phi) is 54.3. The summed E-state index contributed by atoms with van der Waals surface area (Å²) in [6.07, 6.45) is -0.180. The number of halogens is 4. The zero-order valence-electron chi connectivity index (χ0n) is 82.0. The van der Waals surface area contributed by atoms with Crippen molar-refractivity contribution in [2.75, 3.05) is 164 Å². The Morgan fingerprint density at radius 1 is 0.384 bits per heavy atom. The third-order valence-electron chi connectivity index (χ3n) is 22.4. The molecule has 3 heterocycles. The van der Waals surface area contributed by atoms with Gasteiger partial charge in [-0.2, -0.15) is 0 Å². The average Bonchev–Trinajstić information content (AvgIpc) is 1.04. The second kappa shape index (κ2) is 64.5. The summed E-state index contributed by atoms with van der Waals surface area (Å²) in [5.74, 6) is 6.52. The van der Waals surface area contributed by atoms with Crippen molar-refractivity contribution in [3.8, 4) is 51.7 Å². The quantitative estimate of drug-likeness (QED) is 0.0139. The van der Waals surface area contributed by atoms with Crippen LogP contribution in [0, 0.1) is 69.2 Å². The van der Waals surface area contributed by atoms with Crippen molar-refractivity contribution in [1.82, 2.24) is 20.0 Å². The number of para-hydroxylation sites is 10. The number of nitrogens with zero attached hydrogens (tertiary/aromatic N) is 3. The Morgan fingerprint density at radius 3 is 1.03 bits per heavy atom. The molecule has 748 valence electrons. The summed E-state index contributed by atoms with van der Waals surface area (Å²) >= 11 is 21.9. The number of anilines is 1. The molecule has 138 heavy (non-hydrogen) atoms. The highest BCUT2D eigenvalue weighted by atomic mass is 35.5. The number of hydrogen-bond acceptors (Lipinski definition) is 24. The molecule has 1 amide bonds. The molecule has 4 unspecified atom stereocenters. The highest BCUT2D eigenvalue weighted by molar-refractivity contribution is 6.53. The fourth-order valence-corrected chi connectivity index (χ4v) is 14.7. The molecular formula is C109H139Cl4N5O20. The number of epoxide rings is 1. The number of aliphatic hydroxyl groups excluding tert-OH is 5. The minimum absolute atomic E-state index is 0.0203. The Morgan fingerprint density at radius 2 is 0.688 bits per heavy atom. The van der Waals surface area contributed by atoms with Crippen LogP contribution >= 0.6 is 46.4 Å². The third-order valence-corrected chi connectivity index (χ3v) is 23.5. The summed E-state index contributed by atoms with van der Waals surface area (Å²) in [6.45, 7) is 30.4. The van der Waals surface area contributed by atoms with Crippen molar-refractivity contribution in [3.63, 3.8) is 0 Å². The molecule has 29 heteroatoms. The molecule has 0 saturated carbocycles. The van der Waals surface area contributed by atoms with Crippen LogP contribution in [0.5, 0.6) is 51.7 Å². The van der Waals surface area contributed by atoms with Gasteiger partial charge in [-0.1, -0.05) is 181 Å². The van der Waals surface area contributed by atoms with Crippen LogP contribution in [0.25, 0.3) is 0 Å². The number of benzene rings is 10. The van der Waals surface area contributed by atoms with Gasteiger partial charge in [0.05, 0.1) is 79.7 Å². The van der Waals surface area contributed by atoms with E-state index in [1.165, 1.54) is 38.9 Å². The maximum Gasteiger partial charge on any atom is 0.238 e. The lowest BCUT2D eigenvalue weighted by Gasteiger charge is -2.34. The molecule has 3 fully saturated rings. The summed E-state index contributed by atoms with van der Waals surface area (Å²) in [5, 5.41) is 52.3. The van der Waals surface area contributed by atoms with E-state index in [2.05, 4.69) is 83.4 Å². The van der Waals surface area contributed by atoms with Gasteiger partial charge in [-0.3, -0.25) is 38.7 Å². The predicted octanol–water partition coefficient (Wildman–Crippen LogP) is 16.1. The number of carbonyl (C=O) groups excluding carboxylic acids is 5. The van der Waals surface area contributed by atoms with Crippen LogP contribution in [0.15, 0.2) is 212 Å². The molecule has 0 aliphatic carbocycles. The fraction of sp³-hybridized carbons (Fsp3) is 0.404. The number of carbonyl (C=O) groups is 5. The van der Waals surface area contributed by atoms with Crippen LogP contribution < -0.4 is 53.3 Å². The highest BCUT2D eigenvalue weighted by Crippen LogP contribution is 2.31. The molecule has 0 radical (unpaired) electrons. The van der Waals surface area contributed by atoms with Gasteiger partial charge in [0.1, 0.15) is 63.2 Å². The van der Waals surface area contributed by atoms with E-state index in [9.17, 15) is 39.3 Å². The number of amides is 1. The number of alkyl halides is 4. The number of ether oxygens (including phenoxy) is 10. The number of nitrogens with one attached hydrogen (secondary N) is 2. The predicted molar refractivity (Wildman–Crippen MR) is 549 cm³/mol. The molecule has 25 nitrogen and oxygen atoms in total. The third kappa shape index (κ3) is 43.0. The second-order valence-corrected chi connectivity index (χ2v) is 34.9. The van der Waals surface area contributed by atoms with Crippen molar-refractivity contribution < 1.29 is 96.9 Å². The SMILES string of the molecule is COc1ccccc1OCC(O)CCl.COc1ccccc1OCC(O)CO.COc1ccccc1OCC(O)COc1ccccc1CO.COc1ccccc1OCC1CO1.Cc1cccc(C)c1CC(=O)C(Cl)Cl.Cc1cccc(C)c1CC(=O)CCl.Cc1cccc(C)c1CC(=O)CN1CCN(CC(=O)Nc2c(C)cccc2C)CC1.Cc1cccc(C)c1CC(=O)CN1CCNCC1. The van der Waals surface area contributed by atoms with Gasteiger partial charge in [0.15, 0.2) is 74.0 Å². The van der Waals surface area contributed by atoms with Gasteiger partial charge in [0.25, 0.3) is 0 Å². The summed E-state index contributed by atoms with van der Waals surface area (Å²) in [7, 11) is 6.31. The monoisotopic (exact) mass is 1980 g/mol. The van der Waals surface area contributed by atoms with Crippen LogP contribution in [0.2, 0.25) is 0 Å². The van der Waals surface area contributed by atoms with Crippen molar-refractivity contribution in [2.45, 2.75) is 131 Å². The average molecular weight is 1980 g/mol. The molecule has 13 rings (SSSR count). The van der Waals surface area contributed by atoms with Gasteiger partial charge < -0.3 is 83.5 Å². The first-order valence-electron chi connectivity index (χ1n) is 45.9. The lowest BCUT2D eigenvalue weighted by atomic mass is 9.98. The van der Waals surface area contributed by atoms with E-state index in [1.54, 1.807) is 77.0 Å². The Balaban J connectivity index is 0.000000247. The smallest absolute Gasteiger partial charge is 0.238 e. The number of aryl methyl sites for hydroxylation is 10. The topological polar surface area (TPSA) is 316 Å². The van der Waals surface area contributed by atoms with Crippen molar-refractivity contribution in [3.05, 3.63) is 296 Å². The Labute approximate surface area is 834 Å². The zero-order valence-corrected chi connectivity index (χ0v) is 85.0. The highest BCUT2D eigenvalue weighted by Gasteiger charge is 2.26. The number of aliphatic hydroxyl groups is 5. The van der Waals surface area contributed by atoms with E-state index in [1.807, 2.05) is 175 Å². The number of ketones is 4. The summed E-state index contributed by atoms with van der Waals surface area (Å²) in [6, 6.07) is 66.8. The van der Waals surface area contributed by atoms with Gasteiger partial charge in [0.2, 0.25) is 5.91 Å². The molecule has 4 atom stereocenters. The van der Waals surface area contributed by atoms with Gasteiger partial charge in [-0.05, 0) is 202 Å². The summed E-state index contributed by atoms with van der Waals surface area (Å²) < 4.78 is 52.6. The van der Waals surface area contributed by atoms with Crippen LogP contribution in [-0.2, 0) is 61.0 Å². The zero-order chi connectivity index (χ0) is 101. The number of rotatable bonds is 39. The Bertz CT molecular complexity index is 5040. The Hall–Kier alpha value is -10.7. The lowest BCUT2D eigenvalue weighted by molar-refractivity contribution is -0.121. The largest absolute Gasteiger partial charge is 0.493 e. The molecular weight excluding hydrogens is 1840 g/mol. The van der Waals surface area contributed by atoms with Gasteiger partial charge in [-0.15, -0.1) is 23.2 Å². The molecule has 0 bridgehead atoms. The summed E-state index contributed by atoms with van der Waals surface area (Å²) in [4.78, 5) is 65.4. The van der Waals surface area contributed by atoms with Crippen LogP contribution in [0.4, 0.5) is 5.69 Å². The second-order valence-electron chi connectivity index (χ2n) is 33.3. The molecule has 0 spiro atoms. The molecule has 3 aliphatic rings. The van der Waals surface area contributed by atoms with Crippen molar-refractivity contribution >= 4 is 81.1 Å². The minimum atomic E-state index is -0.922. The molecule has 0 aromatic heterocycles. The minimum Gasteiger partial charge on any atom is -0.493 e. The van der Waals surface area contributed by atoms with Crippen molar-refractivity contribution in [2.24, 2.45) is 0 Å². The van der Waals surface area contributed by atoms with E-state index < -0.39 is 23.1 Å². The fourth-order valence-electron chi connectivity index (χ4n) is 14.3. The number of methoxy groups -OCH3 is 4. The standard InChI is InChI=1S/C25H33N3O2.C17H20O5.C15H22N2O.C11H12Cl2O.C11H13ClO.C10H13ClO3.C10H14O4.C10H12O3/c1-18-7-5-8-19(2)23(18)15-22(29)16-27-11-13-28(14-12-27)17-24(30)26-25-20(3)9-6-10-21(25)4;1-20-16-8-4-5-9-17(16)22-12-14(19)11-21-15-7-3-2-6-13(15)10-18;1-12-4-3-5-13(2)15(12)10-14(18)11-17-8-6-16-7-9-17;1-7-4-3-5-8(2)9(7)6-10(14)11(12)13;1-8-4-3-5-9(2)11(8)6-10(13)7-12;2*1-13-9-4-2-3-5-10(9)14-7-8(12)6-11;1-11-9-4-2-3-5-10(9)13-7-8-6-12-8/h5-10H,11-17H2,1-4H3,(H,26,30);2-9,14,18-19H,10-12H2,1H3;3-5,16H,6-11H2,1-2H3;3-5,11H,6H2,1-2H3;3-5H,6-7H2,1-2H3;2-5,8,12H,6-7H2,1H3;2-5,8,11-12H,6-7H2,1H3;2-5,8H,6-7H2,1H3. The van der Waals surface area contributed by atoms with E-state index in [0.717, 1.165) is 115 Å². The van der Waals surface area contributed by atoms with Crippen molar-refractivity contribution in [1.29, 1.82) is 0 Å². The molecule has 7 N–H and O–H groups in total. The first kappa shape index (κ1) is 116. The van der Waals surface area contributed by atoms with E-state index >= 15 is 0 Å². The first-order valence-corrected chi connectivity index (χ1v) is 47.8. The van der Waals surface area contributed by atoms with Gasteiger partial charge in [-0.25, -0.2) is 0 Å². The van der Waals surface area contributed by atoms with Crippen LogP contribution in [0.1, 0.15) is 83.5 Å². The number of hydrogen-bond donors (Lipinski definition) is 7. The van der Waals surface area contributed by atoms with Crippen LogP contribution in [0.3, 0.4) is 0 Å². The molecule has 3 saturated heterocycles. The van der Waals surface area contributed by atoms with E-state index in [-0.39, 0.29) is 80.8 Å². The molecule has 10 aromatic rings. The van der Waals surface area contributed by atoms with Gasteiger partial charge in [0, 0.05) is 89.3 Å². The first-order chi connectivity index (χ1) is 66.3. The normalized spacial score (nSPS) is 13.7. The van der Waals surface area contributed by atoms with Crippen LogP contribution in [-0.4, -0.2) is 257 Å². The van der Waals surface area contributed by atoms with E-state index in [4.69, 9.17) is 104 Å². The molecule has 10 aromatic carbocycles.